The highest BCUT2D eigenvalue weighted by Crippen LogP contribution is 2.29. The quantitative estimate of drug-likeness (QED) is 0.922. The van der Waals surface area contributed by atoms with Crippen LogP contribution in [0, 0.1) is 0 Å². The molecule has 4 nitrogen and oxygen atoms in total. The Bertz CT molecular complexity index is 403. The van der Waals surface area contributed by atoms with E-state index in [2.05, 4.69) is 14.8 Å². The molecule has 19 heavy (non-hydrogen) atoms. The first-order chi connectivity index (χ1) is 9.24. The summed E-state index contributed by atoms with van der Waals surface area (Å²) in [5, 5.41) is 1.15. The van der Waals surface area contributed by atoms with Gasteiger partial charge in [0.25, 0.3) is 0 Å². The number of anilines is 1. The Kier molecular flexibility index (Phi) is 4.05. The van der Waals surface area contributed by atoms with E-state index < -0.39 is 0 Å². The summed E-state index contributed by atoms with van der Waals surface area (Å²) in [5.74, 6) is 0. The SMILES string of the molecule is CC(N)c1cnc(N2CCN(C3CCCC3)CC2)s1. The summed E-state index contributed by atoms with van der Waals surface area (Å²) in [5.41, 5.74) is 5.91. The molecule has 3 rings (SSSR count). The zero-order valence-electron chi connectivity index (χ0n) is 11.7. The lowest BCUT2D eigenvalue weighted by Crippen LogP contribution is -2.49. The van der Waals surface area contributed by atoms with E-state index in [1.165, 1.54) is 43.6 Å². The summed E-state index contributed by atoms with van der Waals surface area (Å²) >= 11 is 1.75. The Morgan fingerprint density at radius 2 is 1.95 bits per heavy atom. The monoisotopic (exact) mass is 280 g/mol. The third kappa shape index (κ3) is 2.93. The maximum Gasteiger partial charge on any atom is 0.185 e. The van der Waals surface area contributed by atoms with Gasteiger partial charge in [0.2, 0.25) is 0 Å². The van der Waals surface area contributed by atoms with E-state index >= 15 is 0 Å². The summed E-state index contributed by atoms with van der Waals surface area (Å²) in [7, 11) is 0. The first-order valence-electron chi connectivity index (χ1n) is 7.44. The molecule has 0 radical (unpaired) electrons. The average Bonchev–Trinajstić information content (AvgIpc) is 3.11. The number of nitrogens with two attached hydrogens (primary N) is 1. The van der Waals surface area contributed by atoms with Crippen molar-refractivity contribution in [3.8, 4) is 0 Å². The van der Waals surface area contributed by atoms with E-state index in [0.29, 0.717) is 0 Å². The lowest BCUT2D eigenvalue weighted by molar-refractivity contribution is 0.187. The molecule has 0 aromatic carbocycles. The number of thiazole rings is 1. The topological polar surface area (TPSA) is 45.4 Å². The fraction of sp³-hybridized carbons (Fsp3) is 0.786. The van der Waals surface area contributed by atoms with Crippen LogP contribution in [0.1, 0.15) is 43.5 Å². The van der Waals surface area contributed by atoms with Crippen LogP contribution in [0.4, 0.5) is 5.13 Å². The van der Waals surface area contributed by atoms with Gasteiger partial charge in [-0.3, -0.25) is 4.90 Å². The van der Waals surface area contributed by atoms with Gasteiger partial charge in [-0.15, -0.1) is 11.3 Å². The van der Waals surface area contributed by atoms with E-state index in [1.807, 2.05) is 13.1 Å². The smallest absolute Gasteiger partial charge is 0.185 e. The Hall–Kier alpha value is -0.650. The van der Waals surface area contributed by atoms with Crippen molar-refractivity contribution < 1.29 is 0 Å². The molecule has 1 unspecified atom stereocenters. The van der Waals surface area contributed by atoms with Crippen molar-refractivity contribution in [1.29, 1.82) is 0 Å². The van der Waals surface area contributed by atoms with Crippen molar-refractivity contribution in [1.82, 2.24) is 9.88 Å². The van der Waals surface area contributed by atoms with Gasteiger partial charge < -0.3 is 10.6 Å². The van der Waals surface area contributed by atoms with Crippen molar-refractivity contribution in [2.24, 2.45) is 5.73 Å². The molecule has 5 heteroatoms. The third-order valence-corrected chi connectivity index (χ3v) is 5.65. The number of rotatable bonds is 3. The Morgan fingerprint density at radius 1 is 1.26 bits per heavy atom. The van der Waals surface area contributed by atoms with E-state index in [9.17, 15) is 0 Å². The van der Waals surface area contributed by atoms with E-state index in [0.717, 1.165) is 24.3 Å². The zero-order chi connectivity index (χ0) is 13.2. The van der Waals surface area contributed by atoms with E-state index in [1.54, 1.807) is 11.3 Å². The molecule has 0 amide bonds. The Balaban J connectivity index is 1.56. The van der Waals surface area contributed by atoms with Crippen LogP contribution in [0.3, 0.4) is 0 Å². The second kappa shape index (κ2) is 5.77. The number of nitrogens with zero attached hydrogens (tertiary/aromatic N) is 3. The van der Waals surface area contributed by atoms with Crippen LogP contribution >= 0.6 is 11.3 Å². The van der Waals surface area contributed by atoms with Crippen molar-refractivity contribution in [2.45, 2.75) is 44.7 Å². The fourth-order valence-corrected chi connectivity index (χ4v) is 4.10. The lowest BCUT2D eigenvalue weighted by atomic mass is 10.2. The van der Waals surface area contributed by atoms with Crippen molar-refractivity contribution in [3.63, 3.8) is 0 Å². The number of hydrogen-bond donors (Lipinski definition) is 1. The summed E-state index contributed by atoms with van der Waals surface area (Å²) in [6.07, 6.45) is 7.61. The molecular weight excluding hydrogens is 256 g/mol. The molecule has 106 valence electrons. The first-order valence-corrected chi connectivity index (χ1v) is 8.26. The van der Waals surface area contributed by atoms with Gasteiger partial charge in [-0.25, -0.2) is 4.98 Å². The molecule has 0 bridgehead atoms. The van der Waals surface area contributed by atoms with Crippen LogP contribution in [0.25, 0.3) is 0 Å². The van der Waals surface area contributed by atoms with Crippen molar-refractivity contribution in [2.75, 3.05) is 31.1 Å². The Labute approximate surface area is 119 Å². The number of piperazine rings is 1. The summed E-state index contributed by atoms with van der Waals surface area (Å²) in [4.78, 5) is 10.8. The van der Waals surface area contributed by atoms with Gasteiger partial charge in [0, 0.05) is 49.3 Å². The second-order valence-electron chi connectivity index (χ2n) is 5.80. The molecule has 2 heterocycles. The Morgan fingerprint density at radius 3 is 2.53 bits per heavy atom. The van der Waals surface area contributed by atoms with Gasteiger partial charge in [-0.2, -0.15) is 0 Å². The average molecular weight is 280 g/mol. The molecule has 1 saturated carbocycles. The van der Waals surface area contributed by atoms with Gasteiger partial charge in [-0.05, 0) is 19.8 Å². The van der Waals surface area contributed by atoms with Gasteiger partial charge in [0.1, 0.15) is 0 Å². The molecule has 2 fully saturated rings. The summed E-state index contributed by atoms with van der Waals surface area (Å²) in [6, 6.07) is 0.962. The zero-order valence-corrected chi connectivity index (χ0v) is 12.5. The fourth-order valence-electron chi connectivity index (χ4n) is 3.18. The minimum absolute atomic E-state index is 0.103. The van der Waals surface area contributed by atoms with Crippen molar-refractivity contribution in [3.05, 3.63) is 11.1 Å². The summed E-state index contributed by atoms with van der Waals surface area (Å²) in [6.45, 7) is 6.63. The highest BCUT2D eigenvalue weighted by Gasteiger charge is 2.27. The van der Waals surface area contributed by atoms with Crippen molar-refractivity contribution >= 4 is 16.5 Å². The predicted molar refractivity (Wildman–Crippen MR) is 80.8 cm³/mol. The molecule has 0 spiro atoms. The van der Waals surface area contributed by atoms with Crippen LogP contribution in [0.2, 0.25) is 0 Å². The molecular formula is C14H24N4S. The van der Waals surface area contributed by atoms with Crippen LogP contribution in [-0.2, 0) is 0 Å². The van der Waals surface area contributed by atoms with Crippen LogP contribution < -0.4 is 10.6 Å². The molecule has 2 aliphatic rings. The summed E-state index contributed by atoms with van der Waals surface area (Å²) < 4.78 is 0. The normalized spacial score (nSPS) is 24.0. The van der Waals surface area contributed by atoms with Crippen LogP contribution in [0.5, 0.6) is 0 Å². The van der Waals surface area contributed by atoms with Gasteiger partial charge in [0.15, 0.2) is 5.13 Å². The number of hydrogen-bond acceptors (Lipinski definition) is 5. The predicted octanol–water partition coefficient (Wildman–Crippen LogP) is 2.23. The highest BCUT2D eigenvalue weighted by molar-refractivity contribution is 7.15. The van der Waals surface area contributed by atoms with Crippen LogP contribution in [0.15, 0.2) is 6.20 Å². The molecule has 2 N–H and O–H groups in total. The first kappa shape index (κ1) is 13.3. The molecule has 1 aromatic rings. The molecule has 1 saturated heterocycles. The van der Waals surface area contributed by atoms with Crippen LogP contribution in [-0.4, -0.2) is 42.1 Å². The van der Waals surface area contributed by atoms with E-state index in [-0.39, 0.29) is 6.04 Å². The van der Waals surface area contributed by atoms with E-state index in [4.69, 9.17) is 5.73 Å². The van der Waals surface area contributed by atoms with Gasteiger partial charge in [0.05, 0.1) is 0 Å². The minimum atomic E-state index is 0.103. The largest absolute Gasteiger partial charge is 0.346 e. The number of aromatic nitrogens is 1. The van der Waals surface area contributed by atoms with Gasteiger partial charge in [-0.1, -0.05) is 12.8 Å². The second-order valence-corrected chi connectivity index (χ2v) is 6.84. The third-order valence-electron chi connectivity index (χ3n) is 4.39. The molecule has 1 atom stereocenters. The molecule has 1 aliphatic carbocycles. The minimum Gasteiger partial charge on any atom is -0.346 e. The van der Waals surface area contributed by atoms with Gasteiger partial charge >= 0.3 is 0 Å². The standard InChI is InChI=1S/C14H24N4S/c1-11(15)13-10-16-14(19-13)18-8-6-17(7-9-18)12-4-2-3-5-12/h10-12H,2-9,15H2,1H3. The lowest BCUT2D eigenvalue weighted by Gasteiger charge is -2.37. The maximum absolute atomic E-state index is 5.91. The molecule has 1 aromatic heterocycles. The highest BCUT2D eigenvalue weighted by atomic mass is 32.1. The molecule has 1 aliphatic heterocycles. The maximum atomic E-state index is 5.91.